The maximum atomic E-state index is 12.4. The van der Waals surface area contributed by atoms with Gasteiger partial charge in [-0.15, -0.1) is 0 Å². The van der Waals surface area contributed by atoms with Crippen molar-refractivity contribution in [1.82, 2.24) is 0 Å². The number of para-hydroxylation sites is 1. The summed E-state index contributed by atoms with van der Waals surface area (Å²) in [6, 6.07) is 15.8. The van der Waals surface area contributed by atoms with Gasteiger partial charge in [-0.25, -0.2) is 0 Å². The van der Waals surface area contributed by atoms with Crippen molar-refractivity contribution in [2.45, 2.75) is 6.42 Å². The molecule has 1 atom stereocenters. The highest BCUT2D eigenvalue weighted by Crippen LogP contribution is 2.31. The highest BCUT2D eigenvalue weighted by atomic mass is 35.5. The molecule has 1 saturated heterocycles. The van der Waals surface area contributed by atoms with Gasteiger partial charge >= 0.3 is 0 Å². The molecule has 1 aliphatic rings. The number of carbonyl (C=O) groups excluding carboxylic acids is 2. The third kappa shape index (κ3) is 3.24. The highest BCUT2D eigenvalue weighted by Gasteiger charge is 2.35. The van der Waals surface area contributed by atoms with Crippen molar-refractivity contribution in [3.8, 4) is 6.07 Å². The van der Waals surface area contributed by atoms with Crippen LogP contribution in [0.15, 0.2) is 48.5 Å². The second-order valence-electron chi connectivity index (χ2n) is 5.54. The standard InChI is InChI=1S/C18H14ClN3O2/c19-15-6-1-2-7-16(15)22-11-13(9-17(22)23)18(24)21-14-5-3-4-12(8-14)10-20/h1-8,13H,9,11H2,(H,21,24). The SMILES string of the molecule is N#Cc1cccc(NC(=O)C2CC(=O)N(c3ccccc3Cl)C2)c1. The molecule has 0 bridgehead atoms. The molecule has 1 unspecified atom stereocenters. The molecule has 0 saturated carbocycles. The Balaban J connectivity index is 1.72. The van der Waals surface area contributed by atoms with Crippen molar-refractivity contribution >= 4 is 34.8 Å². The van der Waals surface area contributed by atoms with Gasteiger partial charge in [-0.2, -0.15) is 5.26 Å². The molecule has 120 valence electrons. The number of anilines is 2. The zero-order valence-electron chi connectivity index (χ0n) is 12.7. The zero-order valence-corrected chi connectivity index (χ0v) is 13.5. The summed E-state index contributed by atoms with van der Waals surface area (Å²) in [6.07, 6.45) is 0.134. The first-order chi connectivity index (χ1) is 11.6. The first-order valence-corrected chi connectivity index (χ1v) is 7.82. The fraction of sp³-hybridized carbons (Fsp3) is 0.167. The Hall–Kier alpha value is -2.84. The molecular weight excluding hydrogens is 326 g/mol. The number of halogens is 1. The van der Waals surface area contributed by atoms with Crippen LogP contribution >= 0.6 is 11.6 Å². The molecule has 0 aliphatic carbocycles. The average Bonchev–Trinajstić information content (AvgIpc) is 2.97. The Labute approximate surface area is 144 Å². The minimum absolute atomic E-state index is 0.131. The molecule has 2 amide bonds. The largest absolute Gasteiger partial charge is 0.326 e. The van der Waals surface area contributed by atoms with Gasteiger partial charge in [0, 0.05) is 18.7 Å². The van der Waals surface area contributed by atoms with Crippen LogP contribution in [-0.2, 0) is 9.59 Å². The number of rotatable bonds is 3. The van der Waals surface area contributed by atoms with Crippen LogP contribution in [0.2, 0.25) is 5.02 Å². The normalized spacial score (nSPS) is 16.8. The fourth-order valence-corrected chi connectivity index (χ4v) is 2.94. The van der Waals surface area contributed by atoms with Gasteiger partial charge in [0.15, 0.2) is 0 Å². The van der Waals surface area contributed by atoms with Gasteiger partial charge in [-0.1, -0.05) is 29.8 Å². The number of hydrogen-bond acceptors (Lipinski definition) is 3. The molecule has 1 N–H and O–H groups in total. The molecule has 1 aliphatic heterocycles. The quantitative estimate of drug-likeness (QED) is 0.933. The summed E-state index contributed by atoms with van der Waals surface area (Å²) >= 11 is 6.13. The third-order valence-electron chi connectivity index (χ3n) is 3.90. The molecule has 5 nitrogen and oxygen atoms in total. The minimum Gasteiger partial charge on any atom is -0.326 e. The lowest BCUT2D eigenvalue weighted by Crippen LogP contribution is -2.28. The molecule has 2 aromatic carbocycles. The van der Waals surface area contributed by atoms with E-state index in [2.05, 4.69) is 5.32 Å². The molecule has 1 fully saturated rings. The smallest absolute Gasteiger partial charge is 0.229 e. The molecule has 24 heavy (non-hydrogen) atoms. The van der Waals surface area contributed by atoms with Crippen molar-refractivity contribution in [2.75, 3.05) is 16.8 Å². The van der Waals surface area contributed by atoms with E-state index >= 15 is 0 Å². The molecule has 6 heteroatoms. The van der Waals surface area contributed by atoms with Crippen molar-refractivity contribution in [3.05, 3.63) is 59.1 Å². The van der Waals surface area contributed by atoms with Crippen molar-refractivity contribution in [3.63, 3.8) is 0 Å². The van der Waals surface area contributed by atoms with Gasteiger partial charge in [0.25, 0.3) is 0 Å². The van der Waals surface area contributed by atoms with Crippen LogP contribution in [0.4, 0.5) is 11.4 Å². The van der Waals surface area contributed by atoms with Crippen LogP contribution in [0.5, 0.6) is 0 Å². The van der Waals surface area contributed by atoms with E-state index in [-0.39, 0.29) is 24.8 Å². The zero-order chi connectivity index (χ0) is 17.1. The second-order valence-corrected chi connectivity index (χ2v) is 5.95. The number of benzene rings is 2. The van der Waals surface area contributed by atoms with E-state index in [4.69, 9.17) is 16.9 Å². The summed E-state index contributed by atoms with van der Waals surface area (Å²) in [5, 5.41) is 12.1. The van der Waals surface area contributed by atoms with Gasteiger partial charge in [0.2, 0.25) is 11.8 Å². The lowest BCUT2D eigenvalue weighted by Gasteiger charge is -2.18. The number of nitrogens with one attached hydrogen (secondary N) is 1. The number of nitriles is 1. The van der Waals surface area contributed by atoms with E-state index < -0.39 is 5.92 Å². The van der Waals surface area contributed by atoms with E-state index in [0.717, 1.165) is 0 Å². The van der Waals surface area contributed by atoms with E-state index in [1.165, 1.54) is 4.90 Å². The maximum Gasteiger partial charge on any atom is 0.229 e. The molecule has 2 aromatic rings. The summed E-state index contributed by atoms with van der Waals surface area (Å²) in [5.41, 5.74) is 1.63. The van der Waals surface area contributed by atoms with Crippen LogP contribution < -0.4 is 10.2 Å². The number of nitrogens with zero attached hydrogens (tertiary/aromatic N) is 2. The van der Waals surface area contributed by atoms with Crippen LogP contribution in [0.25, 0.3) is 0 Å². The van der Waals surface area contributed by atoms with E-state index in [1.54, 1.807) is 48.5 Å². The Kier molecular flexibility index (Phi) is 4.50. The summed E-state index contributed by atoms with van der Waals surface area (Å²) in [4.78, 5) is 26.2. The van der Waals surface area contributed by atoms with Crippen LogP contribution in [0, 0.1) is 17.2 Å². The third-order valence-corrected chi connectivity index (χ3v) is 4.22. The molecule has 3 rings (SSSR count). The fourth-order valence-electron chi connectivity index (χ4n) is 2.70. The van der Waals surface area contributed by atoms with Gasteiger partial charge in [0.1, 0.15) is 0 Å². The first-order valence-electron chi connectivity index (χ1n) is 7.44. The molecule has 0 radical (unpaired) electrons. The summed E-state index contributed by atoms with van der Waals surface area (Å²) in [7, 11) is 0. The Morgan fingerprint density at radius 3 is 2.79 bits per heavy atom. The van der Waals surface area contributed by atoms with Gasteiger partial charge < -0.3 is 10.2 Å². The van der Waals surface area contributed by atoms with Crippen LogP contribution in [0.1, 0.15) is 12.0 Å². The van der Waals surface area contributed by atoms with E-state index in [9.17, 15) is 9.59 Å². The number of carbonyl (C=O) groups is 2. The van der Waals surface area contributed by atoms with E-state index in [1.807, 2.05) is 6.07 Å². The summed E-state index contributed by atoms with van der Waals surface area (Å²) < 4.78 is 0. The van der Waals surface area contributed by atoms with Gasteiger partial charge in [0.05, 0.1) is 28.3 Å². The van der Waals surface area contributed by atoms with E-state index in [0.29, 0.717) is 22.0 Å². The Morgan fingerprint density at radius 1 is 1.25 bits per heavy atom. The average molecular weight is 340 g/mol. The van der Waals surface area contributed by atoms with Crippen LogP contribution in [0.3, 0.4) is 0 Å². The lowest BCUT2D eigenvalue weighted by atomic mass is 10.1. The topological polar surface area (TPSA) is 73.2 Å². The Morgan fingerprint density at radius 2 is 2.04 bits per heavy atom. The first kappa shape index (κ1) is 16.0. The number of amides is 2. The molecular formula is C18H14ClN3O2. The minimum atomic E-state index is -0.459. The lowest BCUT2D eigenvalue weighted by molar-refractivity contribution is -0.122. The molecule has 0 spiro atoms. The van der Waals surface area contributed by atoms with Crippen molar-refractivity contribution in [1.29, 1.82) is 5.26 Å². The number of hydrogen-bond donors (Lipinski definition) is 1. The molecule has 1 heterocycles. The van der Waals surface area contributed by atoms with Crippen LogP contribution in [-0.4, -0.2) is 18.4 Å². The molecule has 0 aromatic heterocycles. The predicted octanol–water partition coefficient (Wildman–Crippen LogP) is 3.20. The van der Waals surface area contributed by atoms with Gasteiger partial charge in [-0.3, -0.25) is 9.59 Å². The van der Waals surface area contributed by atoms with Crippen molar-refractivity contribution < 1.29 is 9.59 Å². The highest BCUT2D eigenvalue weighted by molar-refractivity contribution is 6.33. The maximum absolute atomic E-state index is 12.4. The van der Waals surface area contributed by atoms with Gasteiger partial charge in [-0.05, 0) is 30.3 Å². The monoisotopic (exact) mass is 339 g/mol. The Bertz CT molecular complexity index is 844. The second kappa shape index (κ2) is 6.73. The van der Waals surface area contributed by atoms with Crippen molar-refractivity contribution in [2.24, 2.45) is 5.92 Å². The predicted molar refractivity (Wildman–Crippen MR) is 91.7 cm³/mol. The summed E-state index contributed by atoms with van der Waals surface area (Å²) in [5.74, 6) is -0.832. The summed E-state index contributed by atoms with van der Waals surface area (Å²) in [6.45, 7) is 0.284.